The van der Waals surface area contributed by atoms with Gasteiger partial charge in [-0.15, -0.1) is 0 Å². The van der Waals surface area contributed by atoms with E-state index in [0.29, 0.717) is 5.69 Å². The van der Waals surface area contributed by atoms with Gasteiger partial charge in [0, 0.05) is 17.9 Å². The fraction of sp³-hybridized carbons (Fsp3) is 0.235. The van der Waals surface area contributed by atoms with Crippen molar-refractivity contribution in [3.8, 4) is 0 Å². The van der Waals surface area contributed by atoms with Crippen molar-refractivity contribution >= 4 is 17.5 Å². The van der Waals surface area contributed by atoms with Crippen molar-refractivity contribution in [3.05, 3.63) is 59.2 Å². The van der Waals surface area contributed by atoms with E-state index in [9.17, 15) is 4.79 Å². The number of hydrogen-bond donors (Lipinski definition) is 2. The molecule has 2 aromatic carbocycles. The highest BCUT2D eigenvalue weighted by molar-refractivity contribution is 5.85. The van der Waals surface area contributed by atoms with Crippen molar-refractivity contribution in [1.82, 2.24) is 0 Å². The molecule has 0 saturated heterocycles. The number of amides is 1. The van der Waals surface area contributed by atoms with Gasteiger partial charge in [0.05, 0.1) is 7.11 Å². The van der Waals surface area contributed by atoms with Crippen LogP contribution in [-0.2, 0) is 11.3 Å². The number of rotatable bonds is 4. The van der Waals surface area contributed by atoms with Crippen LogP contribution in [0.2, 0.25) is 0 Å². The summed E-state index contributed by atoms with van der Waals surface area (Å²) in [6.45, 7) is 4.98. The molecule has 2 aromatic rings. The Hall–Kier alpha value is -2.49. The first kappa shape index (κ1) is 14.9. The molecule has 2 N–H and O–H groups in total. The lowest BCUT2D eigenvalue weighted by atomic mass is 10.0. The molecule has 1 amide bonds. The monoisotopic (exact) mass is 284 g/mol. The Morgan fingerprint density at radius 2 is 1.81 bits per heavy atom. The number of carbonyl (C=O) groups is 1. The van der Waals surface area contributed by atoms with Gasteiger partial charge in [0.2, 0.25) is 0 Å². The van der Waals surface area contributed by atoms with E-state index in [4.69, 9.17) is 0 Å². The highest BCUT2D eigenvalue weighted by Gasteiger charge is 2.03. The molecule has 0 radical (unpaired) electrons. The summed E-state index contributed by atoms with van der Waals surface area (Å²) in [5, 5.41) is 6.02. The molecule has 0 bridgehead atoms. The van der Waals surface area contributed by atoms with Gasteiger partial charge >= 0.3 is 6.09 Å². The van der Waals surface area contributed by atoms with Crippen LogP contribution in [0.5, 0.6) is 0 Å². The smallest absolute Gasteiger partial charge is 0.411 e. The molecule has 2 rings (SSSR count). The van der Waals surface area contributed by atoms with Crippen LogP contribution in [0.4, 0.5) is 16.2 Å². The minimum atomic E-state index is -0.471. The average Bonchev–Trinajstić information content (AvgIpc) is 2.49. The minimum Gasteiger partial charge on any atom is -0.453 e. The van der Waals surface area contributed by atoms with E-state index in [2.05, 4.69) is 47.4 Å². The third kappa shape index (κ3) is 3.99. The van der Waals surface area contributed by atoms with Crippen molar-refractivity contribution in [1.29, 1.82) is 0 Å². The van der Waals surface area contributed by atoms with Gasteiger partial charge in [0.25, 0.3) is 0 Å². The second-order valence-corrected chi connectivity index (χ2v) is 4.91. The Bertz CT molecular complexity index is 638. The predicted molar refractivity (Wildman–Crippen MR) is 85.7 cm³/mol. The molecule has 21 heavy (non-hydrogen) atoms. The average molecular weight is 284 g/mol. The summed E-state index contributed by atoms with van der Waals surface area (Å²) in [5.74, 6) is 0. The Morgan fingerprint density at radius 1 is 1.10 bits per heavy atom. The molecule has 0 aliphatic carbocycles. The van der Waals surface area contributed by atoms with Crippen molar-refractivity contribution in [2.45, 2.75) is 20.4 Å². The predicted octanol–water partition coefficient (Wildman–Crippen LogP) is 4.09. The number of aryl methyl sites for hydroxylation is 1. The quantitative estimate of drug-likeness (QED) is 0.889. The minimum absolute atomic E-state index is 0.471. The van der Waals surface area contributed by atoms with Crippen molar-refractivity contribution in [2.75, 3.05) is 17.7 Å². The van der Waals surface area contributed by atoms with Crippen LogP contribution in [0, 0.1) is 13.8 Å². The number of methoxy groups -OCH3 is 1. The summed E-state index contributed by atoms with van der Waals surface area (Å²) in [7, 11) is 1.35. The molecule has 0 heterocycles. The number of ether oxygens (including phenoxy) is 1. The molecule has 0 fully saturated rings. The van der Waals surface area contributed by atoms with Gasteiger partial charge in [-0.05, 0) is 48.7 Å². The second-order valence-electron chi connectivity index (χ2n) is 4.91. The Balaban J connectivity index is 2.05. The van der Waals surface area contributed by atoms with Crippen LogP contribution in [0.25, 0.3) is 0 Å². The summed E-state index contributed by atoms with van der Waals surface area (Å²) in [6, 6.07) is 13.8. The SMILES string of the molecule is COC(=O)Nc1cccc(NCc2cccc(C)c2C)c1. The van der Waals surface area contributed by atoms with Gasteiger partial charge in [0.15, 0.2) is 0 Å². The van der Waals surface area contributed by atoms with Gasteiger partial charge < -0.3 is 10.1 Å². The molecule has 0 atom stereocenters. The fourth-order valence-electron chi connectivity index (χ4n) is 2.08. The molecule has 110 valence electrons. The van der Waals surface area contributed by atoms with Crippen LogP contribution < -0.4 is 10.6 Å². The highest BCUT2D eigenvalue weighted by Crippen LogP contribution is 2.18. The normalized spacial score (nSPS) is 10.0. The summed E-state index contributed by atoms with van der Waals surface area (Å²) in [4.78, 5) is 11.2. The van der Waals surface area contributed by atoms with Crippen LogP contribution in [0.15, 0.2) is 42.5 Å². The number of nitrogens with one attached hydrogen (secondary N) is 2. The first-order valence-electron chi connectivity index (χ1n) is 6.84. The van der Waals surface area contributed by atoms with E-state index in [1.165, 1.54) is 23.8 Å². The van der Waals surface area contributed by atoms with Crippen LogP contribution in [0.3, 0.4) is 0 Å². The van der Waals surface area contributed by atoms with E-state index in [1.54, 1.807) is 0 Å². The molecule has 0 spiro atoms. The van der Waals surface area contributed by atoms with Gasteiger partial charge in [-0.25, -0.2) is 4.79 Å². The number of carbonyl (C=O) groups excluding carboxylic acids is 1. The van der Waals surface area contributed by atoms with Crippen molar-refractivity contribution < 1.29 is 9.53 Å². The molecule has 4 nitrogen and oxygen atoms in total. The van der Waals surface area contributed by atoms with E-state index in [1.807, 2.05) is 24.3 Å². The maximum Gasteiger partial charge on any atom is 0.411 e. The largest absolute Gasteiger partial charge is 0.453 e. The fourth-order valence-corrected chi connectivity index (χ4v) is 2.08. The number of benzene rings is 2. The molecule has 4 heteroatoms. The summed E-state index contributed by atoms with van der Waals surface area (Å²) in [6.07, 6.45) is -0.471. The zero-order chi connectivity index (χ0) is 15.2. The molecule has 0 aliphatic heterocycles. The summed E-state index contributed by atoms with van der Waals surface area (Å²) in [5.41, 5.74) is 5.50. The van der Waals surface area contributed by atoms with Crippen molar-refractivity contribution in [3.63, 3.8) is 0 Å². The van der Waals surface area contributed by atoms with E-state index in [0.717, 1.165) is 12.2 Å². The Kier molecular flexibility index (Phi) is 4.82. The zero-order valence-corrected chi connectivity index (χ0v) is 12.6. The first-order chi connectivity index (χ1) is 10.1. The molecule has 0 unspecified atom stereocenters. The lowest BCUT2D eigenvalue weighted by Gasteiger charge is -2.12. The Labute approximate surface area is 125 Å². The number of hydrogen-bond acceptors (Lipinski definition) is 3. The van der Waals surface area contributed by atoms with Crippen LogP contribution in [0.1, 0.15) is 16.7 Å². The first-order valence-corrected chi connectivity index (χ1v) is 6.84. The topological polar surface area (TPSA) is 50.4 Å². The van der Waals surface area contributed by atoms with E-state index in [-0.39, 0.29) is 0 Å². The number of anilines is 2. The molecule has 0 saturated carbocycles. The van der Waals surface area contributed by atoms with Crippen LogP contribution >= 0.6 is 0 Å². The molecule has 0 aliphatic rings. The standard InChI is InChI=1S/C17H20N2O2/c1-12-6-4-7-14(13(12)2)11-18-15-8-5-9-16(10-15)19-17(20)21-3/h4-10,18H,11H2,1-3H3,(H,19,20). The van der Waals surface area contributed by atoms with Gasteiger partial charge in [-0.1, -0.05) is 24.3 Å². The van der Waals surface area contributed by atoms with Gasteiger partial charge in [-0.3, -0.25) is 5.32 Å². The second kappa shape index (κ2) is 6.79. The molecule has 0 aromatic heterocycles. The lowest BCUT2D eigenvalue weighted by molar-refractivity contribution is 0.187. The van der Waals surface area contributed by atoms with E-state index < -0.39 is 6.09 Å². The summed E-state index contributed by atoms with van der Waals surface area (Å²) < 4.78 is 4.58. The van der Waals surface area contributed by atoms with E-state index >= 15 is 0 Å². The Morgan fingerprint density at radius 3 is 2.57 bits per heavy atom. The molecular formula is C17H20N2O2. The third-order valence-electron chi connectivity index (χ3n) is 3.49. The van der Waals surface area contributed by atoms with Gasteiger partial charge in [-0.2, -0.15) is 0 Å². The molecular weight excluding hydrogens is 264 g/mol. The third-order valence-corrected chi connectivity index (χ3v) is 3.49. The highest BCUT2D eigenvalue weighted by atomic mass is 16.5. The maximum absolute atomic E-state index is 11.2. The van der Waals surface area contributed by atoms with Crippen LogP contribution in [-0.4, -0.2) is 13.2 Å². The zero-order valence-electron chi connectivity index (χ0n) is 12.6. The summed E-state index contributed by atoms with van der Waals surface area (Å²) >= 11 is 0. The van der Waals surface area contributed by atoms with Gasteiger partial charge in [0.1, 0.15) is 0 Å². The lowest BCUT2D eigenvalue weighted by Crippen LogP contribution is -2.11. The van der Waals surface area contributed by atoms with Crippen molar-refractivity contribution in [2.24, 2.45) is 0 Å². The maximum atomic E-state index is 11.2.